The van der Waals surface area contributed by atoms with Crippen molar-refractivity contribution in [1.29, 1.82) is 0 Å². The van der Waals surface area contributed by atoms with E-state index in [0.29, 0.717) is 0 Å². The third-order valence-electron chi connectivity index (χ3n) is 0.157. The van der Waals surface area contributed by atoms with Crippen LogP contribution in [0.3, 0.4) is 0 Å². The molecular formula is C3H3NO. The lowest BCUT2D eigenvalue weighted by Gasteiger charge is -1.41. The summed E-state index contributed by atoms with van der Waals surface area (Å²) in [7, 11) is 0. The Kier molecular flexibility index (Phi) is 2.63. The van der Waals surface area contributed by atoms with E-state index in [1.807, 2.05) is 6.04 Å². The second kappa shape index (κ2) is 3.16. The monoisotopic (exact) mass is 69.0 g/mol. The van der Waals surface area contributed by atoms with Crippen LogP contribution >= 0.6 is 0 Å². The molecule has 0 unspecified atom stereocenters. The van der Waals surface area contributed by atoms with Gasteiger partial charge in [0.25, 0.3) is 0 Å². The number of hydrogen-bond donors (Lipinski definition) is 0. The minimum absolute atomic E-state index is 1.56. The molecule has 0 radical (unpaired) electrons. The van der Waals surface area contributed by atoms with Gasteiger partial charge in [-0.2, -0.15) is 0 Å². The molecule has 0 spiro atoms. The summed E-state index contributed by atoms with van der Waals surface area (Å²) in [5, 5.41) is 2.24. The predicted octanol–water partition coefficient (Wildman–Crippen LogP) is 0.734. The van der Waals surface area contributed by atoms with E-state index < -0.39 is 0 Å². The lowest BCUT2D eigenvalue weighted by Crippen LogP contribution is -1.35. The molecule has 0 aliphatic rings. The number of nitroso groups, excluding NO2 is 1. The summed E-state index contributed by atoms with van der Waals surface area (Å²) in [4.78, 5) is 8.98. The van der Waals surface area contributed by atoms with E-state index in [1.165, 1.54) is 0 Å². The SMILES string of the molecule is CC#CN=O. The van der Waals surface area contributed by atoms with Crippen LogP contribution in [0.5, 0.6) is 0 Å². The fourth-order valence-corrected chi connectivity index (χ4v) is 0.0456. The zero-order valence-electron chi connectivity index (χ0n) is 2.86. The highest BCUT2D eigenvalue weighted by Crippen LogP contribution is 1.49. The highest BCUT2D eigenvalue weighted by atomic mass is 16.2. The minimum Gasteiger partial charge on any atom is -0.135 e. The smallest absolute Gasteiger partial charge is 0.0802 e. The molecule has 5 heavy (non-hydrogen) atoms. The molecule has 0 saturated heterocycles. The van der Waals surface area contributed by atoms with Gasteiger partial charge in [0.1, 0.15) is 0 Å². The summed E-state index contributed by atoms with van der Waals surface area (Å²) in [5.74, 6) is 2.29. The topological polar surface area (TPSA) is 29.4 Å². The molecule has 0 aliphatic heterocycles. The van der Waals surface area contributed by atoms with E-state index >= 15 is 0 Å². The molecular weight excluding hydrogens is 66.0 g/mol. The van der Waals surface area contributed by atoms with Gasteiger partial charge in [-0.25, -0.2) is 0 Å². The first-order chi connectivity index (χ1) is 2.41. The van der Waals surface area contributed by atoms with Crippen molar-refractivity contribution in [3.8, 4) is 12.0 Å². The van der Waals surface area contributed by atoms with Crippen LogP contribution in [0.15, 0.2) is 5.18 Å². The molecule has 0 rings (SSSR count). The Morgan fingerprint density at radius 2 is 2.40 bits per heavy atom. The summed E-state index contributed by atoms with van der Waals surface area (Å²) >= 11 is 0. The average molecular weight is 69.1 g/mol. The van der Waals surface area contributed by atoms with Crippen molar-refractivity contribution in [3.63, 3.8) is 0 Å². The van der Waals surface area contributed by atoms with Gasteiger partial charge in [0.2, 0.25) is 0 Å². The fraction of sp³-hybridized carbons (Fsp3) is 0.333. The van der Waals surface area contributed by atoms with Crippen LogP contribution in [0.25, 0.3) is 0 Å². The third kappa shape index (κ3) is 3.16. The van der Waals surface area contributed by atoms with E-state index in [1.54, 1.807) is 6.92 Å². The second-order valence-electron chi connectivity index (χ2n) is 0.453. The van der Waals surface area contributed by atoms with Crippen LogP contribution in [0.2, 0.25) is 0 Å². The Morgan fingerprint density at radius 1 is 1.80 bits per heavy atom. The zero-order valence-corrected chi connectivity index (χ0v) is 2.86. The molecule has 0 heterocycles. The van der Waals surface area contributed by atoms with Crippen LogP contribution in [0.1, 0.15) is 6.92 Å². The van der Waals surface area contributed by atoms with Crippen LogP contribution in [0, 0.1) is 16.9 Å². The lowest BCUT2D eigenvalue weighted by molar-refractivity contribution is 1.63. The molecule has 0 aromatic heterocycles. The van der Waals surface area contributed by atoms with Crippen molar-refractivity contribution < 1.29 is 0 Å². The zero-order chi connectivity index (χ0) is 4.12. The van der Waals surface area contributed by atoms with Gasteiger partial charge in [0.15, 0.2) is 0 Å². The quantitative estimate of drug-likeness (QED) is 0.304. The van der Waals surface area contributed by atoms with Gasteiger partial charge in [0.05, 0.1) is 6.04 Å². The molecule has 0 aromatic rings. The normalized spacial score (nSPS) is 4.20. The van der Waals surface area contributed by atoms with Crippen molar-refractivity contribution in [1.82, 2.24) is 0 Å². The largest absolute Gasteiger partial charge is 0.135 e. The summed E-state index contributed by atoms with van der Waals surface area (Å²) in [6.07, 6.45) is 0. The van der Waals surface area contributed by atoms with Gasteiger partial charge in [-0.1, -0.05) is 5.92 Å². The molecule has 0 aromatic carbocycles. The molecule has 0 aliphatic carbocycles. The molecule has 0 amide bonds. The summed E-state index contributed by atoms with van der Waals surface area (Å²) < 4.78 is 0. The van der Waals surface area contributed by atoms with E-state index in [9.17, 15) is 0 Å². The van der Waals surface area contributed by atoms with Crippen molar-refractivity contribution >= 4 is 0 Å². The Morgan fingerprint density at radius 3 is 2.40 bits per heavy atom. The van der Waals surface area contributed by atoms with Gasteiger partial charge in [0, 0.05) is 5.18 Å². The van der Waals surface area contributed by atoms with Crippen molar-refractivity contribution in [3.05, 3.63) is 4.91 Å². The summed E-state index contributed by atoms with van der Waals surface area (Å²) in [6.45, 7) is 1.56. The first-order valence-electron chi connectivity index (χ1n) is 1.16. The van der Waals surface area contributed by atoms with Gasteiger partial charge in [-0.3, -0.25) is 0 Å². The Bertz CT molecular complexity index is 76.6. The van der Waals surface area contributed by atoms with Crippen LogP contribution in [-0.2, 0) is 0 Å². The van der Waals surface area contributed by atoms with Crippen LogP contribution in [-0.4, -0.2) is 0 Å². The van der Waals surface area contributed by atoms with E-state index in [0.717, 1.165) is 0 Å². The standard InChI is InChI=1S/C3H3NO/c1-2-3-4-5/h1H3. The molecule has 0 N–H and O–H groups in total. The summed E-state index contributed by atoms with van der Waals surface area (Å²) in [5.41, 5.74) is 0. The minimum atomic E-state index is 1.56. The summed E-state index contributed by atoms with van der Waals surface area (Å²) in [6, 6.07) is 1.93. The first kappa shape index (κ1) is 4.16. The van der Waals surface area contributed by atoms with Crippen LogP contribution in [0.4, 0.5) is 0 Å². The third-order valence-corrected chi connectivity index (χ3v) is 0.157. The van der Waals surface area contributed by atoms with Gasteiger partial charge in [-0.05, 0) is 6.92 Å². The Labute approximate surface area is 30.2 Å². The highest BCUT2D eigenvalue weighted by molar-refractivity contribution is 4.91. The molecule has 26 valence electrons. The fourth-order valence-electron chi connectivity index (χ4n) is 0.0456. The maximum atomic E-state index is 8.98. The first-order valence-corrected chi connectivity index (χ1v) is 1.16. The molecule has 2 nitrogen and oxygen atoms in total. The van der Waals surface area contributed by atoms with Crippen molar-refractivity contribution in [2.45, 2.75) is 6.92 Å². The molecule has 0 atom stereocenters. The Hall–Kier alpha value is -0.840. The molecule has 2 heteroatoms. The molecule has 0 fully saturated rings. The molecule has 0 bridgehead atoms. The Balaban J connectivity index is 3.16. The lowest BCUT2D eigenvalue weighted by atomic mass is 10.8. The van der Waals surface area contributed by atoms with Gasteiger partial charge in [-0.15, -0.1) is 4.91 Å². The van der Waals surface area contributed by atoms with E-state index in [-0.39, 0.29) is 0 Å². The van der Waals surface area contributed by atoms with Gasteiger partial charge >= 0.3 is 0 Å². The number of nitrogens with zero attached hydrogens (tertiary/aromatic N) is 1. The maximum Gasteiger partial charge on any atom is 0.0802 e. The van der Waals surface area contributed by atoms with E-state index in [2.05, 4.69) is 11.1 Å². The maximum absolute atomic E-state index is 8.98. The highest BCUT2D eigenvalue weighted by Gasteiger charge is 1.43. The predicted molar refractivity (Wildman–Crippen MR) is 19.2 cm³/mol. The van der Waals surface area contributed by atoms with Crippen molar-refractivity contribution in [2.24, 2.45) is 5.18 Å². The average Bonchev–Trinajstić information content (AvgIpc) is 1.41. The van der Waals surface area contributed by atoms with E-state index in [4.69, 9.17) is 4.91 Å². The van der Waals surface area contributed by atoms with Crippen molar-refractivity contribution in [2.75, 3.05) is 0 Å². The second-order valence-corrected chi connectivity index (χ2v) is 0.453. The number of hydrogen-bond acceptors (Lipinski definition) is 2. The molecule has 0 saturated carbocycles. The van der Waals surface area contributed by atoms with Gasteiger partial charge < -0.3 is 0 Å². The number of rotatable bonds is 0. The van der Waals surface area contributed by atoms with Crippen LogP contribution < -0.4 is 0 Å².